The predicted molar refractivity (Wildman–Crippen MR) is 59.5 cm³/mol. The lowest BCUT2D eigenvalue weighted by atomic mass is 10.5. The summed E-state index contributed by atoms with van der Waals surface area (Å²) in [5, 5.41) is 7.30. The van der Waals surface area contributed by atoms with Gasteiger partial charge in [0, 0.05) is 6.20 Å². The number of nitrogens with one attached hydrogen (secondary N) is 1. The minimum absolute atomic E-state index is 0.0697. The number of sulfonamides is 1. The highest BCUT2D eigenvalue weighted by Crippen LogP contribution is 2.03. The van der Waals surface area contributed by atoms with Crippen LogP contribution >= 0.6 is 11.6 Å². The van der Waals surface area contributed by atoms with Gasteiger partial charge in [-0.25, -0.2) is 13.1 Å². The maximum Gasteiger partial charge on any atom is 0.226 e. The van der Waals surface area contributed by atoms with Gasteiger partial charge in [0.25, 0.3) is 0 Å². The molecule has 16 heavy (non-hydrogen) atoms. The third-order valence-corrected chi connectivity index (χ3v) is 3.71. The lowest BCUT2D eigenvalue weighted by Gasteiger charge is -2.01. The Morgan fingerprint density at radius 1 is 1.38 bits per heavy atom. The van der Waals surface area contributed by atoms with Gasteiger partial charge in [-0.3, -0.25) is 4.40 Å². The first kappa shape index (κ1) is 11.3. The lowest BCUT2D eigenvalue weighted by Crippen LogP contribution is -2.25. The number of fused-ring (bicyclic) bond motifs is 1. The molecule has 0 aliphatic carbocycles. The first-order chi connectivity index (χ1) is 7.62. The van der Waals surface area contributed by atoms with Crippen LogP contribution in [0.4, 0.5) is 0 Å². The van der Waals surface area contributed by atoms with Gasteiger partial charge in [-0.1, -0.05) is 6.07 Å². The molecule has 86 valence electrons. The number of rotatable bonds is 4. The van der Waals surface area contributed by atoms with E-state index in [1.54, 1.807) is 16.7 Å². The monoisotopic (exact) mass is 260 g/mol. The molecular formula is C8H9ClN4O2S. The van der Waals surface area contributed by atoms with E-state index in [1.807, 2.05) is 12.1 Å². The summed E-state index contributed by atoms with van der Waals surface area (Å²) in [5.41, 5.74) is 0.669. The van der Waals surface area contributed by atoms with Crippen LogP contribution in [0.1, 0.15) is 5.82 Å². The molecule has 2 rings (SSSR count). The molecule has 0 atom stereocenters. The van der Waals surface area contributed by atoms with Crippen LogP contribution in [0.15, 0.2) is 24.4 Å². The summed E-state index contributed by atoms with van der Waals surface area (Å²) in [6.07, 6.45) is 1.76. The van der Waals surface area contributed by atoms with Crippen LogP contribution in [0, 0.1) is 0 Å². The molecule has 0 fully saturated rings. The van der Waals surface area contributed by atoms with Crippen molar-refractivity contribution in [3.8, 4) is 0 Å². The molecule has 0 aliphatic heterocycles. The second kappa shape index (κ2) is 4.36. The fourth-order valence-corrected chi connectivity index (χ4v) is 1.88. The van der Waals surface area contributed by atoms with Gasteiger partial charge in [-0.15, -0.1) is 21.8 Å². The topological polar surface area (TPSA) is 76.4 Å². The molecule has 0 bridgehead atoms. The fourth-order valence-electron chi connectivity index (χ4n) is 1.22. The number of hydrogen-bond donors (Lipinski definition) is 1. The summed E-state index contributed by atoms with van der Waals surface area (Å²) in [7, 11) is -3.43. The summed E-state index contributed by atoms with van der Waals surface area (Å²) < 4.78 is 26.3. The summed E-state index contributed by atoms with van der Waals surface area (Å²) in [4.78, 5) is 0. The van der Waals surface area contributed by atoms with Crippen LogP contribution in [0.2, 0.25) is 0 Å². The number of aromatic nitrogens is 3. The number of nitrogens with zero attached hydrogens (tertiary/aromatic N) is 3. The van der Waals surface area contributed by atoms with Crippen molar-refractivity contribution in [1.82, 2.24) is 19.3 Å². The van der Waals surface area contributed by atoms with Crippen molar-refractivity contribution >= 4 is 27.3 Å². The molecule has 1 N–H and O–H groups in total. The quantitative estimate of drug-likeness (QED) is 0.805. The largest absolute Gasteiger partial charge is 0.285 e. The van der Waals surface area contributed by atoms with Crippen molar-refractivity contribution in [2.75, 3.05) is 5.21 Å². The van der Waals surface area contributed by atoms with Gasteiger partial charge >= 0.3 is 0 Å². The van der Waals surface area contributed by atoms with Crippen LogP contribution in [-0.2, 0) is 16.6 Å². The zero-order valence-electron chi connectivity index (χ0n) is 8.17. The Bertz CT molecular complexity index is 595. The minimum atomic E-state index is -3.43. The molecule has 0 aromatic carbocycles. The van der Waals surface area contributed by atoms with Gasteiger partial charge in [0.05, 0.1) is 6.54 Å². The van der Waals surface area contributed by atoms with Crippen molar-refractivity contribution in [3.63, 3.8) is 0 Å². The number of alkyl halides is 1. The van der Waals surface area contributed by atoms with E-state index in [9.17, 15) is 8.42 Å². The van der Waals surface area contributed by atoms with E-state index in [4.69, 9.17) is 11.6 Å². The van der Waals surface area contributed by atoms with E-state index in [-0.39, 0.29) is 6.54 Å². The molecule has 2 aromatic heterocycles. The van der Waals surface area contributed by atoms with Crippen molar-refractivity contribution in [2.45, 2.75) is 6.54 Å². The third kappa shape index (κ3) is 2.31. The smallest absolute Gasteiger partial charge is 0.226 e. The van der Waals surface area contributed by atoms with Crippen molar-refractivity contribution in [3.05, 3.63) is 30.2 Å². The standard InChI is InChI=1S/C8H9ClN4O2S/c9-6-16(14,15)10-5-8-12-11-7-3-1-2-4-13(7)8/h1-4,10H,5-6H2. The molecule has 0 radical (unpaired) electrons. The summed E-state index contributed by atoms with van der Waals surface area (Å²) in [5.74, 6) is 0.518. The average molecular weight is 261 g/mol. The van der Waals surface area contributed by atoms with Crippen LogP contribution in [0.25, 0.3) is 5.65 Å². The van der Waals surface area contributed by atoms with Crippen LogP contribution in [-0.4, -0.2) is 28.2 Å². The van der Waals surface area contributed by atoms with Crippen molar-refractivity contribution < 1.29 is 8.42 Å². The maximum atomic E-state index is 11.1. The molecule has 0 amide bonds. The van der Waals surface area contributed by atoms with Crippen LogP contribution in [0.3, 0.4) is 0 Å². The molecule has 2 heterocycles. The summed E-state index contributed by atoms with van der Waals surface area (Å²) >= 11 is 5.26. The second-order valence-corrected chi connectivity index (χ2v) is 5.48. The highest BCUT2D eigenvalue weighted by Gasteiger charge is 2.10. The first-order valence-electron chi connectivity index (χ1n) is 4.44. The molecular weight excluding hydrogens is 252 g/mol. The number of hydrogen-bond acceptors (Lipinski definition) is 4. The molecule has 0 saturated carbocycles. The maximum absolute atomic E-state index is 11.1. The number of pyridine rings is 1. The van der Waals surface area contributed by atoms with Gasteiger partial charge in [-0.05, 0) is 12.1 Å². The second-order valence-electron chi connectivity index (χ2n) is 3.09. The summed E-state index contributed by atoms with van der Waals surface area (Å²) in [6.45, 7) is 0.0697. The zero-order valence-corrected chi connectivity index (χ0v) is 9.74. The Hall–Kier alpha value is -1.18. The average Bonchev–Trinajstić information content (AvgIpc) is 2.70. The van der Waals surface area contributed by atoms with Crippen molar-refractivity contribution in [1.29, 1.82) is 0 Å². The van der Waals surface area contributed by atoms with Crippen LogP contribution < -0.4 is 4.72 Å². The van der Waals surface area contributed by atoms with E-state index in [0.29, 0.717) is 11.5 Å². The lowest BCUT2D eigenvalue weighted by molar-refractivity contribution is 0.583. The highest BCUT2D eigenvalue weighted by atomic mass is 35.5. The predicted octanol–water partition coefficient (Wildman–Crippen LogP) is 0.345. The Kier molecular flexibility index (Phi) is 3.08. The van der Waals surface area contributed by atoms with E-state index in [1.165, 1.54) is 0 Å². The molecule has 0 saturated heterocycles. The SMILES string of the molecule is O=S(=O)(CCl)NCc1nnc2ccccn12. The Morgan fingerprint density at radius 3 is 2.94 bits per heavy atom. The minimum Gasteiger partial charge on any atom is -0.285 e. The van der Waals surface area contributed by atoms with Gasteiger partial charge in [0.15, 0.2) is 11.5 Å². The van der Waals surface area contributed by atoms with Gasteiger partial charge in [-0.2, -0.15) is 0 Å². The van der Waals surface area contributed by atoms with E-state index >= 15 is 0 Å². The van der Waals surface area contributed by atoms with E-state index in [2.05, 4.69) is 14.9 Å². The third-order valence-electron chi connectivity index (χ3n) is 1.98. The molecule has 2 aromatic rings. The van der Waals surface area contributed by atoms with Gasteiger partial charge in [0.1, 0.15) is 5.21 Å². The zero-order chi connectivity index (χ0) is 11.6. The van der Waals surface area contributed by atoms with Crippen LogP contribution in [0.5, 0.6) is 0 Å². The van der Waals surface area contributed by atoms with Gasteiger partial charge in [0.2, 0.25) is 10.0 Å². The molecule has 0 aliphatic rings. The Balaban J connectivity index is 2.22. The summed E-state index contributed by atoms with van der Waals surface area (Å²) in [6, 6.07) is 5.43. The van der Waals surface area contributed by atoms with E-state index < -0.39 is 15.2 Å². The molecule has 8 heteroatoms. The molecule has 0 unspecified atom stereocenters. The van der Waals surface area contributed by atoms with E-state index in [0.717, 1.165) is 0 Å². The molecule has 6 nitrogen and oxygen atoms in total. The molecule has 0 spiro atoms. The Morgan fingerprint density at radius 2 is 2.19 bits per heavy atom. The van der Waals surface area contributed by atoms with Gasteiger partial charge < -0.3 is 0 Å². The first-order valence-corrected chi connectivity index (χ1v) is 6.63. The fraction of sp³-hybridized carbons (Fsp3) is 0.250. The highest BCUT2D eigenvalue weighted by molar-refractivity contribution is 7.90. The Labute approximate surface area is 97.3 Å². The van der Waals surface area contributed by atoms with Crippen molar-refractivity contribution in [2.24, 2.45) is 0 Å². The number of halogens is 1. The normalized spacial score (nSPS) is 12.1.